The number of hydrogen-bond acceptors (Lipinski definition) is 2. The molecule has 2 amide bonds. The Kier molecular flexibility index (Phi) is 3.18. The maximum Gasteiger partial charge on any atom is 0.318 e. The molecule has 2 N–H and O–H groups in total. The molecule has 0 aromatic heterocycles. The Morgan fingerprint density at radius 3 is 2.55 bits per heavy atom. The van der Waals surface area contributed by atoms with Gasteiger partial charge in [-0.25, -0.2) is 4.79 Å². The lowest BCUT2D eigenvalue weighted by Gasteiger charge is -2.31. The number of rotatable bonds is 2. The van der Waals surface area contributed by atoms with Gasteiger partial charge in [-0.3, -0.25) is 4.79 Å². The minimum absolute atomic E-state index is 0.0405. The average Bonchev–Trinajstić information content (AvgIpc) is 3.02. The smallest absolute Gasteiger partial charge is 0.318 e. The van der Waals surface area contributed by atoms with Crippen molar-refractivity contribution in [2.45, 2.75) is 70.5 Å². The van der Waals surface area contributed by atoms with Crippen molar-refractivity contribution in [3.05, 3.63) is 0 Å². The van der Waals surface area contributed by atoms with Gasteiger partial charge in [0.25, 0.3) is 0 Å². The van der Waals surface area contributed by atoms with Crippen LogP contribution in [0.15, 0.2) is 0 Å². The van der Waals surface area contributed by atoms with E-state index in [2.05, 4.69) is 19.2 Å². The zero-order chi connectivity index (χ0) is 14.5. The lowest BCUT2D eigenvalue weighted by molar-refractivity contribution is -0.142. The van der Waals surface area contributed by atoms with Gasteiger partial charge in [0.1, 0.15) is 0 Å². The molecule has 112 valence electrons. The first kappa shape index (κ1) is 13.7. The number of hydrogen-bond donors (Lipinski definition) is 2. The van der Waals surface area contributed by atoms with Gasteiger partial charge in [-0.1, -0.05) is 20.3 Å². The van der Waals surface area contributed by atoms with Gasteiger partial charge in [0, 0.05) is 18.1 Å². The van der Waals surface area contributed by atoms with Crippen LogP contribution >= 0.6 is 0 Å². The molecular weight excluding hydrogens is 256 g/mol. The number of carboxylic acid groups (broad SMARTS) is 1. The summed E-state index contributed by atoms with van der Waals surface area (Å²) in [5.41, 5.74) is 0.153. The molecule has 2 saturated heterocycles. The number of fused-ring (bicyclic) bond motifs is 2. The normalized spacial score (nSPS) is 38.2. The van der Waals surface area contributed by atoms with Crippen LogP contribution in [-0.2, 0) is 4.79 Å². The summed E-state index contributed by atoms with van der Waals surface area (Å²) in [6.45, 7) is 4.40. The zero-order valence-corrected chi connectivity index (χ0v) is 12.3. The predicted molar refractivity (Wildman–Crippen MR) is 74.3 cm³/mol. The fourth-order valence-electron chi connectivity index (χ4n) is 4.39. The van der Waals surface area contributed by atoms with Gasteiger partial charge in [-0.15, -0.1) is 0 Å². The van der Waals surface area contributed by atoms with Crippen molar-refractivity contribution in [1.82, 2.24) is 10.2 Å². The molecule has 4 unspecified atom stereocenters. The third-order valence-electron chi connectivity index (χ3n) is 5.64. The third kappa shape index (κ3) is 2.07. The fourth-order valence-corrected chi connectivity index (χ4v) is 4.39. The van der Waals surface area contributed by atoms with Crippen LogP contribution < -0.4 is 5.32 Å². The molecule has 3 fully saturated rings. The second-order valence-corrected chi connectivity index (χ2v) is 7.27. The van der Waals surface area contributed by atoms with Crippen molar-refractivity contribution in [2.75, 3.05) is 0 Å². The summed E-state index contributed by atoms with van der Waals surface area (Å²) in [5.74, 6) is -1.12. The van der Waals surface area contributed by atoms with Crippen LogP contribution in [0.4, 0.5) is 4.79 Å². The molecule has 1 aliphatic carbocycles. The number of amides is 2. The summed E-state index contributed by atoms with van der Waals surface area (Å²) < 4.78 is 0. The van der Waals surface area contributed by atoms with Crippen molar-refractivity contribution >= 4 is 12.0 Å². The number of aliphatic carboxylic acids is 1. The molecule has 5 nitrogen and oxygen atoms in total. The Balaban J connectivity index is 1.68. The molecule has 0 radical (unpaired) electrons. The Morgan fingerprint density at radius 1 is 1.25 bits per heavy atom. The summed E-state index contributed by atoms with van der Waals surface area (Å²) in [7, 11) is 0. The maximum absolute atomic E-state index is 12.5. The van der Waals surface area contributed by atoms with Crippen LogP contribution in [0.1, 0.15) is 52.4 Å². The molecule has 5 heteroatoms. The summed E-state index contributed by atoms with van der Waals surface area (Å²) >= 11 is 0. The Morgan fingerprint density at radius 2 is 2.00 bits per heavy atom. The van der Waals surface area contributed by atoms with Gasteiger partial charge in [-0.05, 0) is 37.5 Å². The van der Waals surface area contributed by atoms with E-state index in [1.54, 1.807) is 0 Å². The summed E-state index contributed by atoms with van der Waals surface area (Å²) in [4.78, 5) is 25.6. The largest absolute Gasteiger partial charge is 0.481 e. The molecule has 20 heavy (non-hydrogen) atoms. The SMILES string of the molecule is CC1(C)CCCC1NC(=O)N1C2CCC1C(C(=O)O)C2. The molecule has 0 spiro atoms. The van der Waals surface area contributed by atoms with Crippen molar-refractivity contribution in [2.24, 2.45) is 11.3 Å². The van der Waals surface area contributed by atoms with Gasteiger partial charge in [0.2, 0.25) is 0 Å². The van der Waals surface area contributed by atoms with E-state index < -0.39 is 5.97 Å². The van der Waals surface area contributed by atoms with E-state index in [1.807, 2.05) is 4.90 Å². The van der Waals surface area contributed by atoms with Gasteiger partial charge in [0.05, 0.1) is 5.92 Å². The van der Waals surface area contributed by atoms with Crippen LogP contribution in [0.3, 0.4) is 0 Å². The number of carbonyl (C=O) groups excluding carboxylic acids is 1. The number of carbonyl (C=O) groups is 2. The molecule has 0 aromatic carbocycles. The van der Waals surface area contributed by atoms with E-state index in [1.165, 1.54) is 0 Å². The van der Waals surface area contributed by atoms with E-state index >= 15 is 0 Å². The molecular formula is C15H24N2O3. The molecule has 2 heterocycles. The highest BCUT2D eigenvalue weighted by Gasteiger charge is 2.52. The molecule has 1 saturated carbocycles. The monoisotopic (exact) mass is 280 g/mol. The maximum atomic E-state index is 12.5. The number of urea groups is 1. The first-order chi connectivity index (χ1) is 9.40. The van der Waals surface area contributed by atoms with Crippen LogP contribution in [0.2, 0.25) is 0 Å². The highest BCUT2D eigenvalue weighted by atomic mass is 16.4. The van der Waals surface area contributed by atoms with Gasteiger partial charge in [-0.2, -0.15) is 0 Å². The van der Waals surface area contributed by atoms with Gasteiger partial charge >= 0.3 is 12.0 Å². The molecule has 3 aliphatic rings. The summed E-state index contributed by atoms with van der Waals surface area (Å²) in [6.07, 6.45) is 5.75. The molecule has 2 bridgehead atoms. The topological polar surface area (TPSA) is 69.6 Å². The second-order valence-electron chi connectivity index (χ2n) is 7.27. The quantitative estimate of drug-likeness (QED) is 0.814. The number of nitrogens with zero attached hydrogens (tertiary/aromatic N) is 1. The minimum Gasteiger partial charge on any atom is -0.481 e. The standard InChI is InChI=1S/C15H24N2O3/c1-15(2)7-3-4-12(15)16-14(20)17-9-5-6-11(17)10(8-9)13(18)19/h9-12H,3-8H2,1-2H3,(H,16,20)(H,18,19). The number of nitrogens with one attached hydrogen (secondary N) is 1. The lowest BCUT2D eigenvalue weighted by Crippen LogP contribution is -2.50. The minimum atomic E-state index is -0.754. The molecule has 2 aliphatic heterocycles. The first-order valence-corrected chi connectivity index (χ1v) is 7.72. The van der Waals surface area contributed by atoms with Crippen LogP contribution in [-0.4, -0.2) is 40.1 Å². The third-order valence-corrected chi connectivity index (χ3v) is 5.64. The second kappa shape index (κ2) is 4.64. The average molecular weight is 280 g/mol. The Hall–Kier alpha value is -1.26. The molecule has 3 rings (SSSR count). The summed E-state index contributed by atoms with van der Waals surface area (Å²) in [5, 5.41) is 12.4. The van der Waals surface area contributed by atoms with Crippen LogP contribution in [0.5, 0.6) is 0 Å². The van der Waals surface area contributed by atoms with E-state index in [4.69, 9.17) is 0 Å². The first-order valence-electron chi connectivity index (χ1n) is 7.72. The van der Waals surface area contributed by atoms with Gasteiger partial charge < -0.3 is 15.3 Å². The lowest BCUT2D eigenvalue weighted by atomic mass is 9.87. The van der Waals surface area contributed by atoms with E-state index in [0.717, 1.165) is 32.1 Å². The van der Waals surface area contributed by atoms with Gasteiger partial charge in [0.15, 0.2) is 0 Å². The van der Waals surface area contributed by atoms with Crippen molar-refractivity contribution < 1.29 is 14.7 Å². The van der Waals surface area contributed by atoms with Crippen molar-refractivity contribution in [1.29, 1.82) is 0 Å². The fraction of sp³-hybridized carbons (Fsp3) is 0.867. The van der Waals surface area contributed by atoms with E-state index in [-0.39, 0.29) is 35.5 Å². The zero-order valence-electron chi connectivity index (χ0n) is 12.3. The molecule has 4 atom stereocenters. The predicted octanol–water partition coefficient (Wildman–Crippen LogP) is 2.21. The molecule has 0 aromatic rings. The van der Waals surface area contributed by atoms with E-state index in [0.29, 0.717) is 6.42 Å². The van der Waals surface area contributed by atoms with Crippen molar-refractivity contribution in [3.63, 3.8) is 0 Å². The van der Waals surface area contributed by atoms with E-state index in [9.17, 15) is 14.7 Å². The van der Waals surface area contributed by atoms with Crippen LogP contribution in [0.25, 0.3) is 0 Å². The summed E-state index contributed by atoms with van der Waals surface area (Å²) in [6, 6.07) is 0.215. The highest BCUT2D eigenvalue weighted by molar-refractivity contribution is 5.79. The Bertz CT molecular complexity index is 435. The highest BCUT2D eigenvalue weighted by Crippen LogP contribution is 2.42. The van der Waals surface area contributed by atoms with Crippen LogP contribution in [0, 0.1) is 11.3 Å². The van der Waals surface area contributed by atoms with Crippen molar-refractivity contribution in [3.8, 4) is 0 Å². The number of carboxylic acids is 1. The Labute approximate surface area is 119 Å².